The third kappa shape index (κ3) is 9.61. The number of methoxy groups -OCH3 is 1. The number of carbonyl (C=O) groups is 3. The summed E-state index contributed by atoms with van der Waals surface area (Å²) in [5.41, 5.74) is 6.36. The lowest BCUT2D eigenvalue weighted by molar-refractivity contribution is -0.145. The Kier molecular flexibility index (Phi) is 12.8. The van der Waals surface area contributed by atoms with Gasteiger partial charge in [0.05, 0.1) is 24.4 Å². The van der Waals surface area contributed by atoms with Gasteiger partial charge in [0.1, 0.15) is 31.0 Å². The number of nitrogens with one attached hydrogen (secondary N) is 2. The van der Waals surface area contributed by atoms with Gasteiger partial charge in [-0.15, -0.1) is 0 Å². The molecule has 64 heavy (non-hydrogen) atoms. The smallest absolute Gasteiger partial charge is 0.328 e. The van der Waals surface area contributed by atoms with Crippen molar-refractivity contribution < 1.29 is 41.7 Å². The predicted molar refractivity (Wildman–Crippen MR) is 238 cm³/mol. The zero-order valence-electron chi connectivity index (χ0n) is 35.1. The molecule has 0 bridgehead atoms. The zero-order valence-corrected chi connectivity index (χ0v) is 36.7. The van der Waals surface area contributed by atoms with Crippen LogP contribution in [0.15, 0.2) is 119 Å². The summed E-state index contributed by atoms with van der Waals surface area (Å²) in [5, 5.41) is 14.6. The van der Waals surface area contributed by atoms with Crippen LogP contribution in [0, 0.1) is 18.3 Å². The minimum Gasteiger partial charge on any atom is -0.489 e. The second-order valence-electron chi connectivity index (χ2n) is 15.3. The summed E-state index contributed by atoms with van der Waals surface area (Å²) >= 11 is 0.786. The average molecular weight is 898 g/mol. The number of thiazole rings is 1. The van der Waals surface area contributed by atoms with E-state index in [0.29, 0.717) is 46.1 Å². The first kappa shape index (κ1) is 43.6. The molecule has 2 aliphatic rings. The van der Waals surface area contributed by atoms with Crippen LogP contribution in [0.3, 0.4) is 0 Å². The third-order valence-electron chi connectivity index (χ3n) is 10.9. The number of ether oxygens (including phenoxy) is 4. The molecule has 6 aromatic rings. The summed E-state index contributed by atoms with van der Waals surface area (Å²) in [6.07, 6.45) is -0.473. The Balaban J connectivity index is 1.04. The SMILES string of the molecule is COC(=O)C(Cc1ccc(-c2ccc(C#N)cc2)cc1)NC(=O)C1Cc2cc3c(cc2CN1S(=O)(=O)c1sc(NC(C)=O)nc1C)OC(c1ccc(OCc2ccccc2)cc1)CO3. The summed E-state index contributed by atoms with van der Waals surface area (Å²) in [6.45, 7) is 3.22. The number of anilines is 1. The quantitative estimate of drug-likeness (QED) is 0.113. The number of nitriles is 1. The topological polar surface area (TPSA) is 186 Å². The molecule has 0 saturated carbocycles. The Morgan fingerprint density at radius 3 is 2.28 bits per heavy atom. The Labute approximate surface area is 374 Å². The molecule has 16 heteroatoms. The molecular formula is C48H43N5O9S2. The first-order chi connectivity index (χ1) is 30.9. The molecule has 5 aromatic carbocycles. The van der Waals surface area contributed by atoms with Crippen molar-refractivity contribution in [2.24, 2.45) is 0 Å². The molecule has 2 aliphatic heterocycles. The monoisotopic (exact) mass is 897 g/mol. The fourth-order valence-electron chi connectivity index (χ4n) is 7.63. The molecule has 3 heterocycles. The van der Waals surface area contributed by atoms with Crippen molar-refractivity contribution in [2.45, 2.75) is 62.2 Å². The highest BCUT2D eigenvalue weighted by molar-refractivity contribution is 7.91. The van der Waals surface area contributed by atoms with E-state index in [1.54, 1.807) is 24.3 Å². The summed E-state index contributed by atoms with van der Waals surface area (Å²) < 4.78 is 54.1. The van der Waals surface area contributed by atoms with Crippen LogP contribution in [0.2, 0.25) is 0 Å². The maximum atomic E-state index is 14.7. The Bertz CT molecular complexity index is 2840. The molecule has 3 unspecified atom stereocenters. The molecule has 2 amide bonds. The van der Waals surface area contributed by atoms with Crippen molar-refractivity contribution >= 4 is 44.3 Å². The first-order valence-corrected chi connectivity index (χ1v) is 22.6. The standard InChI is InChI=1S/C48H43N5O9S2/c1-29-47(63-48(50-29)51-30(2)54)64(57,58)53-26-38-24-43-42(61-28-44(62-43)36-17-19-39(20-18-36)60-27-33-7-5-4-6-8-33)23-37(38)22-41(53)45(55)52-40(46(56)59-3)21-31-9-13-34(14-10-31)35-15-11-32(25-49)12-16-35/h4-20,23-24,40-41,44H,21-22,26-28H2,1-3H3,(H,52,55)(H,50,51,54). The number of hydrogen-bond acceptors (Lipinski definition) is 12. The summed E-state index contributed by atoms with van der Waals surface area (Å²) in [7, 11) is -3.23. The summed E-state index contributed by atoms with van der Waals surface area (Å²) in [6, 6.07) is 35.1. The molecular weight excluding hydrogens is 855 g/mol. The number of nitrogens with zero attached hydrogens (tertiary/aromatic N) is 3. The van der Waals surface area contributed by atoms with Crippen molar-refractivity contribution in [1.29, 1.82) is 5.26 Å². The van der Waals surface area contributed by atoms with E-state index in [1.165, 1.54) is 21.0 Å². The lowest BCUT2D eigenvalue weighted by Gasteiger charge is -2.36. The van der Waals surface area contributed by atoms with Crippen LogP contribution in [-0.2, 0) is 55.1 Å². The molecule has 1 aromatic heterocycles. The Hall–Kier alpha value is -7.06. The number of aromatic nitrogens is 1. The van der Waals surface area contributed by atoms with E-state index in [4.69, 9.17) is 24.2 Å². The van der Waals surface area contributed by atoms with E-state index in [-0.39, 0.29) is 41.0 Å². The Morgan fingerprint density at radius 1 is 0.922 bits per heavy atom. The van der Waals surface area contributed by atoms with Gasteiger partial charge in [0.15, 0.2) is 26.9 Å². The number of esters is 1. The number of amides is 2. The molecule has 0 fully saturated rings. The fourth-order valence-corrected chi connectivity index (χ4v) is 10.8. The number of fused-ring (bicyclic) bond motifs is 2. The van der Waals surface area contributed by atoms with Gasteiger partial charge < -0.3 is 29.6 Å². The largest absolute Gasteiger partial charge is 0.489 e. The van der Waals surface area contributed by atoms with Gasteiger partial charge in [-0.1, -0.05) is 90.2 Å². The van der Waals surface area contributed by atoms with E-state index in [1.807, 2.05) is 91.0 Å². The van der Waals surface area contributed by atoms with E-state index in [0.717, 1.165) is 37.9 Å². The van der Waals surface area contributed by atoms with E-state index in [9.17, 15) is 22.8 Å². The second-order valence-corrected chi connectivity index (χ2v) is 18.4. The van der Waals surface area contributed by atoms with Gasteiger partial charge in [-0.05, 0) is 88.7 Å². The van der Waals surface area contributed by atoms with Gasteiger partial charge in [0.25, 0.3) is 10.0 Å². The van der Waals surface area contributed by atoms with E-state index in [2.05, 4.69) is 21.7 Å². The number of rotatable bonds is 13. The fraction of sp³-hybridized carbons (Fsp3) is 0.229. The highest BCUT2D eigenvalue weighted by Gasteiger charge is 2.43. The predicted octanol–water partition coefficient (Wildman–Crippen LogP) is 7.06. The first-order valence-electron chi connectivity index (χ1n) is 20.3. The maximum Gasteiger partial charge on any atom is 0.328 e. The van der Waals surface area contributed by atoms with Crippen molar-refractivity contribution in [3.05, 3.63) is 154 Å². The van der Waals surface area contributed by atoms with Crippen molar-refractivity contribution in [1.82, 2.24) is 14.6 Å². The van der Waals surface area contributed by atoms with Gasteiger partial charge in [0.2, 0.25) is 11.8 Å². The molecule has 8 rings (SSSR count). The summed E-state index contributed by atoms with van der Waals surface area (Å²) in [5.74, 6) is -0.281. The molecule has 14 nitrogen and oxygen atoms in total. The van der Waals surface area contributed by atoms with Gasteiger partial charge in [-0.2, -0.15) is 9.57 Å². The molecule has 0 saturated heterocycles. The minimum absolute atomic E-state index is 0.0550. The second kappa shape index (κ2) is 18.7. The van der Waals surface area contributed by atoms with Crippen molar-refractivity contribution in [3.8, 4) is 34.4 Å². The number of sulfonamides is 1. The number of hydrogen-bond donors (Lipinski definition) is 2. The highest BCUT2D eigenvalue weighted by atomic mass is 32.2. The molecule has 2 N–H and O–H groups in total. The van der Waals surface area contributed by atoms with Crippen LogP contribution in [0.25, 0.3) is 11.1 Å². The minimum atomic E-state index is -4.44. The van der Waals surface area contributed by atoms with Gasteiger partial charge in [-0.25, -0.2) is 18.2 Å². The number of aryl methyl sites for hydroxylation is 1. The van der Waals surface area contributed by atoms with E-state index < -0.39 is 46.0 Å². The van der Waals surface area contributed by atoms with Crippen LogP contribution >= 0.6 is 11.3 Å². The van der Waals surface area contributed by atoms with Gasteiger partial charge in [0, 0.05) is 19.9 Å². The maximum absolute atomic E-state index is 14.7. The van der Waals surface area contributed by atoms with Crippen molar-refractivity contribution in [3.63, 3.8) is 0 Å². The molecule has 3 atom stereocenters. The average Bonchev–Trinajstić information content (AvgIpc) is 3.69. The number of carbonyl (C=O) groups excluding carboxylic acids is 3. The van der Waals surface area contributed by atoms with Crippen LogP contribution < -0.4 is 24.8 Å². The molecule has 0 aliphatic carbocycles. The highest BCUT2D eigenvalue weighted by Crippen LogP contribution is 2.42. The van der Waals surface area contributed by atoms with Crippen molar-refractivity contribution in [2.75, 3.05) is 19.0 Å². The van der Waals surface area contributed by atoms with E-state index >= 15 is 0 Å². The zero-order chi connectivity index (χ0) is 45.0. The van der Waals surface area contributed by atoms with Gasteiger partial charge >= 0.3 is 5.97 Å². The molecule has 326 valence electrons. The normalized spacial score (nSPS) is 16.1. The Morgan fingerprint density at radius 2 is 1.61 bits per heavy atom. The van der Waals surface area contributed by atoms with Crippen LogP contribution in [0.4, 0.5) is 5.13 Å². The van der Waals surface area contributed by atoms with Crippen LogP contribution in [-0.4, -0.2) is 61.3 Å². The number of benzene rings is 5. The van der Waals surface area contributed by atoms with Gasteiger partial charge in [-0.3, -0.25) is 9.59 Å². The lowest BCUT2D eigenvalue weighted by atomic mass is 9.93. The molecule has 0 spiro atoms. The molecule has 0 radical (unpaired) electrons. The lowest BCUT2D eigenvalue weighted by Crippen LogP contribution is -2.56. The third-order valence-corrected chi connectivity index (χ3v) is 14.5. The van der Waals surface area contributed by atoms with Crippen LogP contribution in [0.5, 0.6) is 17.2 Å². The summed E-state index contributed by atoms with van der Waals surface area (Å²) in [4.78, 5) is 43.9. The van der Waals surface area contributed by atoms with Crippen LogP contribution in [0.1, 0.15) is 52.1 Å².